The van der Waals surface area contributed by atoms with Crippen molar-refractivity contribution >= 4 is 21.8 Å². The van der Waals surface area contributed by atoms with Gasteiger partial charge in [0.05, 0.1) is 16.6 Å². The summed E-state index contributed by atoms with van der Waals surface area (Å²) in [6.45, 7) is 0. The van der Waals surface area contributed by atoms with E-state index in [9.17, 15) is 0 Å². The summed E-state index contributed by atoms with van der Waals surface area (Å²) in [5.74, 6) is 0. The van der Waals surface area contributed by atoms with Crippen LogP contribution in [0.1, 0.15) is 11.1 Å². The Morgan fingerprint density at radius 2 is 1.56 bits per heavy atom. The second kappa shape index (κ2) is 3.61. The van der Waals surface area contributed by atoms with Crippen molar-refractivity contribution in [2.75, 3.05) is 0 Å². The predicted octanol–water partition coefficient (Wildman–Crippen LogP) is 3.07. The molecule has 0 fully saturated rings. The lowest BCUT2D eigenvalue weighted by Crippen LogP contribution is -1.89. The molecule has 0 atom stereocenters. The second-order valence-corrected chi connectivity index (χ2v) is 4.21. The summed E-state index contributed by atoms with van der Waals surface area (Å²) >= 11 is 0. The Labute approximate surface area is 104 Å². The van der Waals surface area contributed by atoms with Crippen LogP contribution < -0.4 is 0 Å². The highest BCUT2D eigenvalue weighted by molar-refractivity contribution is 6.08. The number of para-hydroxylation sites is 1. The quantitative estimate of drug-likeness (QED) is 0.597. The van der Waals surface area contributed by atoms with Crippen LogP contribution in [0.15, 0.2) is 36.4 Å². The van der Waals surface area contributed by atoms with Crippen LogP contribution in [0.25, 0.3) is 21.8 Å². The minimum Gasteiger partial charge on any atom is -0.344 e. The van der Waals surface area contributed by atoms with Crippen LogP contribution in [0.5, 0.6) is 0 Å². The van der Waals surface area contributed by atoms with Crippen LogP contribution in [-0.4, -0.2) is 4.57 Å². The first-order chi connectivity index (χ1) is 8.76. The fraction of sp³-hybridized carbons (Fsp3) is 0.0667. The van der Waals surface area contributed by atoms with Gasteiger partial charge in [-0.3, -0.25) is 0 Å². The van der Waals surface area contributed by atoms with Gasteiger partial charge in [-0.25, -0.2) is 0 Å². The zero-order chi connectivity index (χ0) is 12.7. The third-order valence-electron chi connectivity index (χ3n) is 3.29. The van der Waals surface area contributed by atoms with Gasteiger partial charge >= 0.3 is 0 Å². The summed E-state index contributed by atoms with van der Waals surface area (Å²) in [4.78, 5) is 0. The number of hydrogen-bond acceptors (Lipinski definition) is 2. The highest BCUT2D eigenvalue weighted by Gasteiger charge is 2.11. The second-order valence-electron chi connectivity index (χ2n) is 4.21. The number of nitriles is 2. The molecule has 0 N–H and O–H groups in total. The van der Waals surface area contributed by atoms with Gasteiger partial charge in [0.15, 0.2) is 0 Å². The first kappa shape index (κ1) is 10.4. The predicted molar refractivity (Wildman–Crippen MR) is 69.9 cm³/mol. The van der Waals surface area contributed by atoms with Crippen LogP contribution in [-0.2, 0) is 7.05 Å². The fourth-order valence-electron chi connectivity index (χ4n) is 2.39. The lowest BCUT2D eigenvalue weighted by Gasteiger charge is -1.99. The topological polar surface area (TPSA) is 52.5 Å². The van der Waals surface area contributed by atoms with Crippen LogP contribution in [0, 0.1) is 22.7 Å². The average Bonchev–Trinajstić information content (AvgIpc) is 2.71. The van der Waals surface area contributed by atoms with Crippen molar-refractivity contribution in [3.8, 4) is 12.1 Å². The standard InChI is InChI=1S/C15H9N3/c1-18-14-5-3-2-4-12(14)13-6-10(8-16)11(9-17)7-15(13)18/h2-7H,1H3. The van der Waals surface area contributed by atoms with Crippen LogP contribution in [0.2, 0.25) is 0 Å². The molecule has 1 heterocycles. The number of nitrogens with zero attached hydrogens (tertiary/aromatic N) is 3. The largest absolute Gasteiger partial charge is 0.344 e. The molecule has 0 saturated heterocycles. The molecule has 0 bridgehead atoms. The molecular formula is C15H9N3. The minimum absolute atomic E-state index is 0.427. The number of fused-ring (bicyclic) bond motifs is 3. The van der Waals surface area contributed by atoms with Gasteiger partial charge in [0.1, 0.15) is 12.1 Å². The molecule has 2 aromatic carbocycles. The van der Waals surface area contributed by atoms with E-state index in [0.29, 0.717) is 11.1 Å². The molecule has 0 spiro atoms. The summed E-state index contributed by atoms with van der Waals surface area (Å²) in [7, 11) is 1.97. The highest BCUT2D eigenvalue weighted by Crippen LogP contribution is 2.29. The van der Waals surface area contributed by atoms with E-state index in [1.807, 2.05) is 35.9 Å². The molecule has 84 valence electrons. The van der Waals surface area contributed by atoms with Gasteiger partial charge in [-0.1, -0.05) is 18.2 Å². The molecule has 0 aliphatic heterocycles. The third kappa shape index (κ3) is 1.22. The van der Waals surface area contributed by atoms with Crippen LogP contribution in [0.4, 0.5) is 0 Å². The minimum atomic E-state index is 0.427. The third-order valence-corrected chi connectivity index (χ3v) is 3.29. The van der Waals surface area contributed by atoms with E-state index in [1.54, 1.807) is 12.1 Å². The van der Waals surface area contributed by atoms with E-state index >= 15 is 0 Å². The van der Waals surface area contributed by atoms with Gasteiger partial charge in [0.25, 0.3) is 0 Å². The van der Waals surface area contributed by atoms with E-state index in [4.69, 9.17) is 10.5 Å². The summed E-state index contributed by atoms with van der Waals surface area (Å²) in [5, 5.41) is 20.3. The molecule has 0 aliphatic rings. The van der Waals surface area contributed by atoms with Crippen molar-refractivity contribution in [2.24, 2.45) is 7.05 Å². The maximum Gasteiger partial charge on any atom is 0.101 e. The lowest BCUT2D eigenvalue weighted by atomic mass is 10.0. The zero-order valence-electron chi connectivity index (χ0n) is 9.81. The van der Waals surface area contributed by atoms with E-state index in [1.165, 1.54) is 0 Å². The molecule has 0 unspecified atom stereocenters. The van der Waals surface area contributed by atoms with Crippen molar-refractivity contribution in [1.29, 1.82) is 10.5 Å². The van der Waals surface area contributed by atoms with Crippen LogP contribution >= 0.6 is 0 Å². The SMILES string of the molecule is Cn1c2ccccc2c2cc(C#N)c(C#N)cc21. The average molecular weight is 231 g/mol. The van der Waals surface area contributed by atoms with E-state index in [-0.39, 0.29) is 0 Å². The van der Waals surface area contributed by atoms with Crippen molar-refractivity contribution < 1.29 is 0 Å². The monoisotopic (exact) mass is 231 g/mol. The molecule has 3 heteroatoms. The molecule has 1 aromatic heterocycles. The summed E-state index contributed by atoms with van der Waals surface area (Å²) < 4.78 is 2.05. The first-order valence-electron chi connectivity index (χ1n) is 5.57. The summed E-state index contributed by atoms with van der Waals surface area (Å²) in [5.41, 5.74) is 2.94. The molecule has 3 rings (SSSR count). The number of rotatable bonds is 0. The van der Waals surface area contributed by atoms with Gasteiger partial charge in [-0.05, 0) is 18.2 Å². The maximum atomic E-state index is 9.08. The van der Waals surface area contributed by atoms with Gasteiger partial charge in [0.2, 0.25) is 0 Å². The number of aryl methyl sites for hydroxylation is 1. The Kier molecular flexibility index (Phi) is 2.08. The molecular weight excluding hydrogens is 222 g/mol. The normalized spacial score (nSPS) is 10.4. The smallest absolute Gasteiger partial charge is 0.101 e. The van der Waals surface area contributed by atoms with Crippen molar-refractivity contribution in [2.45, 2.75) is 0 Å². The Morgan fingerprint density at radius 1 is 0.889 bits per heavy atom. The molecule has 0 amide bonds. The summed E-state index contributed by atoms with van der Waals surface area (Å²) in [6.07, 6.45) is 0. The maximum absolute atomic E-state index is 9.08. The van der Waals surface area contributed by atoms with Gasteiger partial charge in [0, 0.05) is 23.3 Å². The Bertz CT molecular complexity index is 857. The Balaban J connectivity index is 2.59. The molecule has 3 aromatic rings. The van der Waals surface area contributed by atoms with E-state index in [0.717, 1.165) is 21.8 Å². The van der Waals surface area contributed by atoms with Crippen LogP contribution in [0.3, 0.4) is 0 Å². The summed E-state index contributed by atoms with van der Waals surface area (Å²) in [6, 6.07) is 15.8. The zero-order valence-corrected chi connectivity index (χ0v) is 9.81. The molecule has 0 radical (unpaired) electrons. The molecule has 18 heavy (non-hydrogen) atoms. The lowest BCUT2D eigenvalue weighted by molar-refractivity contribution is 1.01. The van der Waals surface area contributed by atoms with E-state index < -0.39 is 0 Å². The van der Waals surface area contributed by atoms with Gasteiger partial charge in [-0.15, -0.1) is 0 Å². The van der Waals surface area contributed by atoms with Crippen molar-refractivity contribution in [1.82, 2.24) is 4.57 Å². The Morgan fingerprint density at radius 3 is 2.28 bits per heavy atom. The molecule has 3 nitrogen and oxygen atoms in total. The first-order valence-corrected chi connectivity index (χ1v) is 5.57. The molecule has 0 aliphatic carbocycles. The van der Waals surface area contributed by atoms with E-state index in [2.05, 4.69) is 12.1 Å². The van der Waals surface area contributed by atoms with Crippen molar-refractivity contribution in [3.05, 3.63) is 47.5 Å². The number of hydrogen-bond donors (Lipinski definition) is 0. The fourth-order valence-corrected chi connectivity index (χ4v) is 2.39. The highest BCUT2D eigenvalue weighted by atomic mass is 14.9. The van der Waals surface area contributed by atoms with Crippen molar-refractivity contribution in [3.63, 3.8) is 0 Å². The number of benzene rings is 2. The molecule has 0 saturated carbocycles. The Hall–Kier alpha value is -2.78. The van der Waals surface area contributed by atoms with Gasteiger partial charge < -0.3 is 4.57 Å². The number of aromatic nitrogens is 1. The van der Waals surface area contributed by atoms with Gasteiger partial charge in [-0.2, -0.15) is 10.5 Å².